The highest BCUT2D eigenvalue weighted by molar-refractivity contribution is 5.41. The SMILES string of the molecule is N#Cc1ccccc1C(C#N)N1CCOCC1. The summed E-state index contributed by atoms with van der Waals surface area (Å²) in [4.78, 5) is 2.06. The van der Waals surface area contributed by atoms with E-state index in [0.29, 0.717) is 18.8 Å². The van der Waals surface area contributed by atoms with Gasteiger partial charge in [-0.05, 0) is 6.07 Å². The molecule has 0 radical (unpaired) electrons. The normalized spacial score (nSPS) is 18.0. The third-order valence-electron chi connectivity index (χ3n) is 2.91. The van der Waals surface area contributed by atoms with Gasteiger partial charge in [0.2, 0.25) is 0 Å². The molecule has 1 unspecified atom stereocenters. The van der Waals surface area contributed by atoms with Crippen LogP contribution in [0.4, 0.5) is 0 Å². The minimum Gasteiger partial charge on any atom is -0.379 e. The van der Waals surface area contributed by atoms with Gasteiger partial charge in [-0.1, -0.05) is 18.2 Å². The highest BCUT2D eigenvalue weighted by atomic mass is 16.5. The molecule has 0 amide bonds. The maximum atomic E-state index is 9.31. The van der Waals surface area contributed by atoms with Gasteiger partial charge >= 0.3 is 0 Å². The van der Waals surface area contributed by atoms with Crippen LogP contribution in [0.1, 0.15) is 17.2 Å². The van der Waals surface area contributed by atoms with E-state index >= 15 is 0 Å². The van der Waals surface area contributed by atoms with Crippen molar-refractivity contribution < 1.29 is 4.74 Å². The Kier molecular flexibility index (Phi) is 3.72. The molecule has 2 rings (SSSR count). The van der Waals surface area contributed by atoms with Crippen LogP contribution in [0.2, 0.25) is 0 Å². The fourth-order valence-electron chi connectivity index (χ4n) is 2.02. The van der Waals surface area contributed by atoms with Gasteiger partial charge in [-0.2, -0.15) is 10.5 Å². The Morgan fingerprint density at radius 2 is 1.88 bits per heavy atom. The van der Waals surface area contributed by atoms with Gasteiger partial charge in [-0.25, -0.2) is 0 Å². The van der Waals surface area contributed by atoms with Gasteiger partial charge in [-0.3, -0.25) is 4.90 Å². The van der Waals surface area contributed by atoms with Gasteiger partial charge in [0, 0.05) is 18.7 Å². The first-order valence-electron chi connectivity index (χ1n) is 5.57. The standard InChI is InChI=1S/C13H13N3O/c14-9-11-3-1-2-4-12(11)13(10-15)16-5-7-17-8-6-16/h1-4,13H,5-8H2. The fraction of sp³-hybridized carbons (Fsp3) is 0.385. The number of rotatable bonds is 2. The quantitative estimate of drug-likeness (QED) is 0.767. The van der Waals surface area contributed by atoms with Gasteiger partial charge in [0.05, 0.1) is 30.9 Å². The summed E-state index contributed by atoms with van der Waals surface area (Å²) in [7, 11) is 0. The highest BCUT2D eigenvalue weighted by Crippen LogP contribution is 2.23. The van der Waals surface area contributed by atoms with E-state index in [0.717, 1.165) is 18.7 Å². The molecule has 0 saturated carbocycles. The second-order valence-electron chi connectivity index (χ2n) is 3.88. The molecule has 1 aromatic carbocycles. The third kappa shape index (κ3) is 2.45. The van der Waals surface area contributed by atoms with Gasteiger partial charge in [0.25, 0.3) is 0 Å². The van der Waals surface area contributed by atoms with Gasteiger partial charge in [-0.15, -0.1) is 0 Å². The predicted octanol–water partition coefficient (Wildman–Crippen LogP) is 1.46. The fourth-order valence-corrected chi connectivity index (χ4v) is 2.02. The lowest BCUT2D eigenvalue weighted by Gasteiger charge is -2.30. The summed E-state index contributed by atoms with van der Waals surface area (Å²) in [6.07, 6.45) is 0. The van der Waals surface area contributed by atoms with Gasteiger partial charge < -0.3 is 4.74 Å². The molecule has 0 N–H and O–H groups in total. The molecule has 1 atom stereocenters. The van der Waals surface area contributed by atoms with Crippen molar-refractivity contribution in [3.8, 4) is 12.1 Å². The maximum absolute atomic E-state index is 9.31. The zero-order valence-electron chi connectivity index (χ0n) is 9.47. The summed E-state index contributed by atoms with van der Waals surface area (Å²) in [5.41, 5.74) is 1.37. The first-order valence-corrected chi connectivity index (χ1v) is 5.57. The van der Waals surface area contributed by atoms with Crippen molar-refractivity contribution in [2.45, 2.75) is 6.04 Å². The summed E-state index contributed by atoms with van der Waals surface area (Å²) in [6, 6.07) is 11.3. The van der Waals surface area contributed by atoms with Crippen LogP contribution in [-0.4, -0.2) is 31.2 Å². The van der Waals surface area contributed by atoms with Crippen molar-refractivity contribution in [1.82, 2.24) is 4.90 Å². The van der Waals surface area contributed by atoms with E-state index in [1.807, 2.05) is 18.2 Å². The first-order chi connectivity index (χ1) is 8.36. The van der Waals surface area contributed by atoms with Crippen molar-refractivity contribution in [2.24, 2.45) is 0 Å². The van der Waals surface area contributed by atoms with Crippen LogP contribution in [0.3, 0.4) is 0 Å². The number of hydrogen-bond donors (Lipinski definition) is 0. The number of morpholine rings is 1. The van der Waals surface area contributed by atoms with Crippen LogP contribution in [0.25, 0.3) is 0 Å². The van der Waals surface area contributed by atoms with Crippen LogP contribution >= 0.6 is 0 Å². The van der Waals surface area contributed by atoms with E-state index in [1.54, 1.807) is 6.07 Å². The molecule has 1 fully saturated rings. The first kappa shape index (κ1) is 11.6. The zero-order chi connectivity index (χ0) is 12.1. The molecule has 86 valence electrons. The second kappa shape index (κ2) is 5.45. The molecule has 17 heavy (non-hydrogen) atoms. The number of nitrogens with zero attached hydrogens (tertiary/aromatic N) is 3. The summed E-state index contributed by atoms with van der Waals surface area (Å²) in [6.45, 7) is 2.76. The molecule has 0 spiro atoms. The van der Waals surface area contributed by atoms with Crippen LogP contribution in [0.5, 0.6) is 0 Å². The van der Waals surface area contributed by atoms with E-state index < -0.39 is 0 Å². The van der Waals surface area contributed by atoms with E-state index in [-0.39, 0.29) is 6.04 Å². The molecule has 4 heteroatoms. The topological polar surface area (TPSA) is 60.0 Å². The average Bonchev–Trinajstić information content (AvgIpc) is 2.41. The van der Waals surface area contributed by atoms with Crippen molar-refractivity contribution in [1.29, 1.82) is 10.5 Å². The maximum Gasteiger partial charge on any atom is 0.125 e. The lowest BCUT2D eigenvalue weighted by atomic mass is 10.0. The molecule has 1 aliphatic rings. The summed E-state index contributed by atoms with van der Waals surface area (Å²) < 4.78 is 5.27. The van der Waals surface area contributed by atoms with Crippen LogP contribution < -0.4 is 0 Å². The Labute approximate surface area is 101 Å². The largest absolute Gasteiger partial charge is 0.379 e. The van der Waals surface area contributed by atoms with Crippen LogP contribution in [-0.2, 0) is 4.74 Å². The average molecular weight is 227 g/mol. The minimum absolute atomic E-state index is 0.352. The number of hydrogen-bond acceptors (Lipinski definition) is 4. The second-order valence-corrected chi connectivity index (χ2v) is 3.88. The van der Waals surface area contributed by atoms with E-state index in [1.165, 1.54) is 0 Å². The highest BCUT2D eigenvalue weighted by Gasteiger charge is 2.24. The number of benzene rings is 1. The Hall–Kier alpha value is -1.88. The van der Waals surface area contributed by atoms with Gasteiger partial charge in [0.1, 0.15) is 6.04 Å². The third-order valence-corrected chi connectivity index (χ3v) is 2.91. The van der Waals surface area contributed by atoms with E-state index in [9.17, 15) is 5.26 Å². The van der Waals surface area contributed by atoms with Gasteiger partial charge in [0.15, 0.2) is 0 Å². The minimum atomic E-state index is -0.352. The van der Waals surface area contributed by atoms with Crippen molar-refractivity contribution >= 4 is 0 Å². The summed E-state index contributed by atoms with van der Waals surface area (Å²) in [5.74, 6) is 0. The molecule has 4 nitrogen and oxygen atoms in total. The number of ether oxygens (including phenoxy) is 1. The molecule has 0 bridgehead atoms. The zero-order valence-corrected chi connectivity index (χ0v) is 9.47. The van der Waals surface area contributed by atoms with Crippen molar-refractivity contribution in [2.75, 3.05) is 26.3 Å². The Morgan fingerprint density at radius 1 is 1.18 bits per heavy atom. The lowest BCUT2D eigenvalue weighted by molar-refractivity contribution is 0.0266. The molecule has 1 saturated heterocycles. The molecule has 1 aliphatic heterocycles. The van der Waals surface area contributed by atoms with Crippen LogP contribution in [0, 0.1) is 22.7 Å². The molecule has 1 heterocycles. The predicted molar refractivity (Wildman–Crippen MR) is 61.9 cm³/mol. The van der Waals surface area contributed by atoms with Crippen molar-refractivity contribution in [3.05, 3.63) is 35.4 Å². The molecule has 1 aromatic rings. The molecule has 0 aliphatic carbocycles. The molecule has 0 aromatic heterocycles. The summed E-state index contributed by atoms with van der Waals surface area (Å²) >= 11 is 0. The van der Waals surface area contributed by atoms with Crippen molar-refractivity contribution in [3.63, 3.8) is 0 Å². The van der Waals surface area contributed by atoms with Crippen LogP contribution in [0.15, 0.2) is 24.3 Å². The Bertz CT molecular complexity index is 466. The lowest BCUT2D eigenvalue weighted by Crippen LogP contribution is -2.38. The molecular formula is C13H13N3O. The Balaban J connectivity index is 2.29. The van der Waals surface area contributed by atoms with E-state index in [4.69, 9.17) is 10.00 Å². The number of nitriles is 2. The monoisotopic (exact) mass is 227 g/mol. The Morgan fingerprint density at radius 3 is 2.53 bits per heavy atom. The van der Waals surface area contributed by atoms with E-state index in [2.05, 4.69) is 17.0 Å². The molecular weight excluding hydrogens is 214 g/mol. The smallest absolute Gasteiger partial charge is 0.125 e. The summed E-state index contributed by atoms with van der Waals surface area (Å²) in [5, 5.41) is 18.4.